The van der Waals surface area contributed by atoms with Gasteiger partial charge in [0, 0.05) is 39.5 Å². The SMILES string of the molecule is COCCC1(C(=O)O)CCCN(Cc2ccc(OC)c(COC)c2)C1. The third-order valence-corrected chi connectivity index (χ3v) is 4.95. The number of rotatable bonds is 9. The fourth-order valence-corrected chi connectivity index (χ4v) is 3.60. The molecule has 6 heteroatoms. The smallest absolute Gasteiger partial charge is 0.311 e. The van der Waals surface area contributed by atoms with Crippen LogP contribution in [-0.2, 0) is 27.4 Å². The van der Waals surface area contributed by atoms with Crippen molar-refractivity contribution in [1.82, 2.24) is 4.90 Å². The molecule has 1 unspecified atom stereocenters. The lowest BCUT2D eigenvalue weighted by atomic mass is 9.77. The number of ether oxygens (including phenoxy) is 3. The molecule has 1 atom stereocenters. The van der Waals surface area contributed by atoms with Crippen molar-refractivity contribution in [2.24, 2.45) is 5.41 Å². The van der Waals surface area contributed by atoms with Crippen LogP contribution >= 0.6 is 0 Å². The van der Waals surface area contributed by atoms with Gasteiger partial charge in [-0.05, 0) is 43.5 Å². The zero-order chi connectivity index (χ0) is 18.3. The van der Waals surface area contributed by atoms with Gasteiger partial charge in [0.1, 0.15) is 5.75 Å². The Morgan fingerprint density at radius 2 is 2.08 bits per heavy atom. The minimum Gasteiger partial charge on any atom is -0.496 e. The number of carboxylic acids is 1. The van der Waals surface area contributed by atoms with E-state index in [1.54, 1.807) is 21.3 Å². The van der Waals surface area contributed by atoms with Gasteiger partial charge in [-0.3, -0.25) is 9.69 Å². The first-order valence-electron chi connectivity index (χ1n) is 8.64. The summed E-state index contributed by atoms with van der Waals surface area (Å²) in [5.41, 5.74) is 1.43. The number of benzene rings is 1. The zero-order valence-corrected chi connectivity index (χ0v) is 15.4. The van der Waals surface area contributed by atoms with E-state index in [2.05, 4.69) is 11.0 Å². The van der Waals surface area contributed by atoms with Gasteiger partial charge >= 0.3 is 5.97 Å². The van der Waals surface area contributed by atoms with Gasteiger partial charge in [-0.2, -0.15) is 0 Å². The molecular formula is C19H29NO5. The molecule has 0 radical (unpaired) electrons. The van der Waals surface area contributed by atoms with Crippen molar-refractivity contribution in [3.8, 4) is 5.75 Å². The van der Waals surface area contributed by atoms with Gasteiger partial charge in [0.05, 0.1) is 19.1 Å². The van der Waals surface area contributed by atoms with Crippen LogP contribution in [0.5, 0.6) is 5.75 Å². The van der Waals surface area contributed by atoms with Gasteiger partial charge in [0.25, 0.3) is 0 Å². The molecule has 140 valence electrons. The minimum absolute atomic E-state index is 0.473. The number of aliphatic carboxylic acids is 1. The largest absolute Gasteiger partial charge is 0.496 e. The van der Waals surface area contributed by atoms with Crippen LogP contribution in [-0.4, -0.2) is 57.0 Å². The Morgan fingerprint density at radius 1 is 1.28 bits per heavy atom. The van der Waals surface area contributed by atoms with E-state index in [0.717, 1.165) is 36.4 Å². The van der Waals surface area contributed by atoms with Crippen LogP contribution in [0, 0.1) is 5.41 Å². The molecule has 1 heterocycles. The molecule has 1 aliphatic heterocycles. The second-order valence-corrected chi connectivity index (χ2v) is 6.72. The standard InChI is InChI=1S/C19H29NO5/c1-23-10-8-19(18(21)22)7-4-9-20(14-19)12-15-5-6-17(25-3)16(11-15)13-24-2/h5-6,11H,4,7-10,12-14H2,1-3H3,(H,21,22). The van der Waals surface area contributed by atoms with Gasteiger partial charge in [-0.25, -0.2) is 0 Å². The van der Waals surface area contributed by atoms with Crippen molar-refractivity contribution < 1.29 is 24.1 Å². The Kier molecular flexibility index (Phi) is 7.23. The number of methoxy groups -OCH3 is 3. The van der Waals surface area contributed by atoms with Crippen molar-refractivity contribution in [2.45, 2.75) is 32.4 Å². The van der Waals surface area contributed by atoms with Gasteiger partial charge in [0.2, 0.25) is 0 Å². The summed E-state index contributed by atoms with van der Waals surface area (Å²) in [5.74, 6) is 0.0910. The molecule has 1 saturated heterocycles. The van der Waals surface area contributed by atoms with Crippen LogP contribution in [0.2, 0.25) is 0 Å². The molecule has 0 aromatic heterocycles. The van der Waals surface area contributed by atoms with Gasteiger partial charge in [-0.1, -0.05) is 6.07 Å². The molecule has 1 aromatic rings. The summed E-state index contributed by atoms with van der Waals surface area (Å²) in [6.45, 7) is 3.15. The lowest BCUT2D eigenvalue weighted by Gasteiger charge is -2.40. The highest BCUT2D eigenvalue weighted by Gasteiger charge is 2.41. The summed E-state index contributed by atoms with van der Waals surface area (Å²) in [6.07, 6.45) is 2.14. The maximum absolute atomic E-state index is 11.9. The molecule has 1 N–H and O–H groups in total. The van der Waals surface area contributed by atoms with Crippen molar-refractivity contribution in [3.63, 3.8) is 0 Å². The molecule has 0 amide bonds. The summed E-state index contributed by atoms with van der Waals surface area (Å²) in [7, 11) is 4.93. The molecule has 1 aliphatic rings. The van der Waals surface area contributed by atoms with E-state index in [0.29, 0.717) is 32.6 Å². The van der Waals surface area contributed by atoms with E-state index in [9.17, 15) is 9.90 Å². The molecule has 0 aliphatic carbocycles. The number of hydrogen-bond acceptors (Lipinski definition) is 5. The number of hydrogen-bond donors (Lipinski definition) is 1. The van der Waals surface area contributed by atoms with E-state index < -0.39 is 11.4 Å². The monoisotopic (exact) mass is 351 g/mol. The number of piperidine rings is 1. The van der Waals surface area contributed by atoms with Crippen LogP contribution in [0.1, 0.15) is 30.4 Å². The maximum Gasteiger partial charge on any atom is 0.311 e. The van der Waals surface area contributed by atoms with Crippen LogP contribution in [0.15, 0.2) is 18.2 Å². The lowest BCUT2D eigenvalue weighted by molar-refractivity contribution is -0.154. The predicted molar refractivity (Wildman–Crippen MR) is 94.8 cm³/mol. The summed E-state index contributed by atoms with van der Waals surface area (Å²) >= 11 is 0. The minimum atomic E-state index is -0.718. The summed E-state index contributed by atoms with van der Waals surface area (Å²) in [5, 5.41) is 9.77. The lowest BCUT2D eigenvalue weighted by Crippen LogP contribution is -2.48. The van der Waals surface area contributed by atoms with Gasteiger partial charge < -0.3 is 19.3 Å². The van der Waals surface area contributed by atoms with Crippen LogP contribution in [0.25, 0.3) is 0 Å². The second-order valence-electron chi connectivity index (χ2n) is 6.72. The molecular weight excluding hydrogens is 322 g/mol. The molecule has 25 heavy (non-hydrogen) atoms. The van der Waals surface area contributed by atoms with E-state index in [-0.39, 0.29) is 0 Å². The maximum atomic E-state index is 11.9. The normalized spacial score (nSPS) is 21.2. The van der Waals surface area contributed by atoms with E-state index in [4.69, 9.17) is 14.2 Å². The quantitative estimate of drug-likeness (QED) is 0.737. The Hall–Kier alpha value is -1.63. The molecule has 0 spiro atoms. The molecule has 0 saturated carbocycles. The first-order valence-corrected chi connectivity index (χ1v) is 8.64. The Bertz CT molecular complexity index is 577. The molecule has 6 nitrogen and oxygen atoms in total. The average Bonchev–Trinajstić information content (AvgIpc) is 2.61. The Labute approximate surface area is 149 Å². The molecule has 1 aromatic carbocycles. The van der Waals surface area contributed by atoms with Gasteiger partial charge in [0.15, 0.2) is 0 Å². The van der Waals surface area contributed by atoms with Crippen molar-refractivity contribution in [1.29, 1.82) is 0 Å². The van der Waals surface area contributed by atoms with Gasteiger partial charge in [-0.15, -0.1) is 0 Å². The van der Waals surface area contributed by atoms with Crippen LogP contribution in [0.3, 0.4) is 0 Å². The highest BCUT2D eigenvalue weighted by molar-refractivity contribution is 5.75. The van der Waals surface area contributed by atoms with Crippen molar-refractivity contribution >= 4 is 5.97 Å². The number of carboxylic acid groups (broad SMARTS) is 1. The predicted octanol–water partition coefficient (Wildman–Crippen LogP) is 2.54. The van der Waals surface area contributed by atoms with Crippen molar-refractivity contribution in [3.05, 3.63) is 29.3 Å². The number of carbonyl (C=O) groups is 1. The highest BCUT2D eigenvalue weighted by Crippen LogP contribution is 2.35. The molecule has 2 rings (SSSR count). The second kappa shape index (κ2) is 9.17. The topological polar surface area (TPSA) is 68.2 Å². The number of likely N-dealkylation sites (tertiary alicyclic amines) is 1. The van der Waals surface area contributed by atoms with E-state index in [1.165, 1.54) is 0 Å². The average molecular weight is 351 g/mol. The first kappa shape index (κ1) is 19.7. The Balaban J connectivity index is 2.11. The third-order valence-electron chi connectivity index (χ3n) is 4.95. The third kappa shape index (κ3) is 4.93. The molecule has 0 bridgehead atoms. The fraction of sp³-hybridized carbons (Fsp3) is 0.632. The van der Waals surface area contributed by atoms with Crippen molar-refractivity contribution in [2.75, 3.05) is 41.0 Å². The fourth-order valence-electron chi connectivity index (χ4n) is 3.60. The zero-order valence-electron chi connectivity index (χ0n) is 15.4. The number of nitrogens with zero attached hydrogens (tertiary/aromatic N) is 1. The summed E-state index contributed by atoms with van der Waals surface area (Å²) < 4.78 is 15.7. The molecule has 1 fully saturated rings. The first-order chi connectivity index (χ1) is 12.0. The van der Waals surface area contributed by atoms with Crippen LogP contribution in [0.4, 0.5) is 0 Å². The van der Waals surface area contributed by atoms with E-state index >= 15 is 0 Å². The van der Waals surface area contributed by atoms with Crippen LogP contribution < -0.4 is 4.74 Å². The Morgan fingerprint density at radius 3 is 2.72 bits per heavy atom. The highest BCUT2D eigenvalue weighted by atomic mass is 16.5. The van der Waals surface area contributed by atoms with E-state index in [1.807, 2.05) is 12.1 Å². The summed E-state index contributed by atoms with van der Waals surface area (Å²) in [4.78, 5) is 14.1. The summed E-state index contributed by atoms with van der Waals surface area (Å²) in [6, 6.07) is 6.06.